The molecule has 0 spiro atoms. The van der Waals surface area contributed by atoms with Crippen LogP contribution < -0.4 is 9.64 Å². The highest BCUT2D eigenvalue weighted by Crippen LogP contribution is 2.17. The van der Waals surface area contributed by atoms with Crippen LogP contribution >= 0.6 is 0 Å². The van der Waals surface area contributed by atoms with Crippen LogP contribution in [0.15, 0.2) is 24.8 Å². The van der Waals surface area contributed by atoms with Crippen LogP contribution in [-0.2, 0) is 11.3 Å². The monoisotopic (exact) mass is 317 g/mol. The standard InChI is InChI=1S/C14H19N7O2/c1-19(2)12-3-4-13(18-17-12)23-11-5-6-20(7-11)14(22)8-21-10-15-9-16-21/h3-4,9-11H,5-8H2,1-2H3. The second-order valence-electron chi connectivity index (χ2n) is 5.59. The minimum absolute atomic E-state index is 0.00985. The first-order chi connectivity index (χ1) is 11.1. The van der Waals surface area contributed by atoms with Crippen molar-refractivity contribution in [2.75, 3.05) is 32.1 Å². The summed E-state index contributed by atoms with van der Waals surface area (Å²) in [6.07, 6.45) is 3.66. The Morgan fingerprint density at radius 2 is 2.26 bits per heavy atom. The molecule has 1 fully saturated rings. The van der Waals surface area contributed by atoms with E-state index in [2.05, 4.69) is 20.3 Å². The van der Waals surface area contributed by atoms with Crippen LogP contribution in [0.1, 0.15) is 6.42 Å². The normalized spacial score (nSPS) is 17.3. The molecule has 9 nitrogen and oxygen atoms in total. The lowest BCUT2D eigenvalue weighted by Crippen LogP contribution is -2.33. The van der Waals surface area contributed by atoms with Gasteiger partial charge in [-0.15, -0.1) is 10.2 Å². The summed E-state index contributed by atoms with van der Waals surface area (Å²) in [5, 5.41) is 12.1. The highest BCUT2D eigenvalue weighted by atomic mass is 16.5. The van der Waals surface area contributed by atoms with Gasteiger partial charge in [-0.25, -0.2) is 9.67 Å². The van der Waals surface area contributed by atoms with Crippen molar-refractivity contribution in [1.82, 2.24) is 29.9 Å². The van der Waals surface area contributed by atoms with E-state index in [0.29, 0.717) is 19.0 Å². The highest BCUT2D eigenvalue weighted by molar-refractivity contribution is 5.76. The molecule has 1 aliphatic rings. The first kappa shape index (κ1) is 15.2. The average Bonchev–Trinajstić information content (AvgIpc) is 3.19. The van der Waals surface area contributed by atoms with Crippen molar-refractivity contribution in [3.63, 3.8) is 0 Å². The third-order valence-corrected chi connectivity index (χ3v) is 3.63. The molecule has 0 aliphatic carbocycles. The average molecular weight is 317 g/mol. The van der Waals surface area contributed by atoms with Crippen molar-refractivity contribution in [2.45, 2.75) is 19.1 Å². The van der Waals surface area contributed by atoms with Gasteiger partial charge in [0.05, 0.1) is 6.54 Å². The summed E-state index contributed by atoms with van der Waals surface area (Å²) in [5.74, 6) is 1.26. The number of rotatable bonds is 5. The smallest absolute Gasteiger partial charge is 0.244 e. The summed E-state index contributed by atoms with van der Waals surface area (Å²) in [6, 6.07) is 3.65. The van der Waals surface area contributed by atoms with Gasteiger partial charge in [-0.1, -0.05) is 0 Å². The molecule has 3 rings (SSSR count). The summed E-state index contributed by atoms with van der Waals surface area (Å²) in [6.45, 7) is 1.41. The predicted molar refractivity (Wildman–Crippen MR) is 82.0 cm³/mol. The molecule has 3 heterocycles. The molecule has 23 heavy (non-hydrogen) atoms. The molecular formula is C14H19N7O2. The molecule has 9 heteroatoms. The van der Waals surface area contributed by atoms with Crippen LogP contribution in [0.25, 0.3) is 0 Å². The van der Waals surface area contributed by atoms with Gasteiger partial charge in [-0.3, -0.25) is 4.79 Å². The van der Waals surface area contributed by atoms with E-state index in [1.165, 1.54) is 17.3 Å². The van der Waals surface area contributed by atoms with Crippen LogP contribution in [0.3, 0.4) is 0 Å². The Bertz CT molecular complexity index is 642. The van der Waals surface area contributed by atoms with Crippen molar-refractivity contribution in [3.8, 4) is 5.88 Å². The molecule has 1 amide bonds. The molecule has 0 saturated carbocycles. The number of aromatic nitrogens is 5. The Hall–Kier alpha value is -2.71. The minimum Gasteiger partial charge on any atom is -0.471 e. The Labute approximate surface area is 133 Å². The Kier molecular flexibility index (Phi) is 4.35. The lowest BCUT2D eigenvalue weighted by Gasteiger charge is -2.17. The predicted octanol–water partition coefficient (Wildman–Crippen LogP) is -0.186. The fourth-order valence-electron chi connectivity index (χ4n) is 2.39. The SMILES string of the molecule is CN(C)c1ccc(OC2CCN(C(=O)Cn3cncn3)C2)nn1. The van der Waals surface area contributed by atoms with Gasteiger partial charge in [-0.05, 0) is 6.07 Å². The van der Waals surface area contributed by atoms with E-state index in [1.807, 2.05) is 25.1 Å². The summed E-state index contributed by atoms with van der Waals surface area (Å²) in [7, 11) is 3.81. The number of carbonyl (C=O) groups is 1. The maximum atomic E-state index is 12.2. The Morgan fingerprint density at radius 3 is 2.91 bits per heavy atom. The van der Waals surface area contributed by atoms with Crippen molar-refractivity contribution in [1.29, 1.82) is 0 Å². The van der Waals surface area contributed by atoms with Gasteiger partial charge in [0.1, 0.15) is 25.3 Å². The van der Waals surface area contributed by atoms with Gasteiger partial charge in [0.2, 0.25) is 11.8 Å². The Morgan fingerprint density at radius 1 is 1.39 bits per heavy atom. The molecule has 0 N–H and O–H groups in total. The van der Waals surface area contributed by atoms with Crippen molar-refractivity contribution >= 4 is 11.7 Å². The molecule has 1 unspecified atom stereocenters. The van der Waals surface area contributed by atoms with E-state index in [-0.39, 0.29) is 18.6 Å². The van der Waals surface area contributed by atoms with E-state index in [4.69, 9.17) is 4.74 Å². The fraction of sp³-hybridized carbons (Fsp3) is 0.500. The largest absolute Gasteiger partial charge is 0.471 e. The van der Waals surface area contributed by atoms with Crippen LogP contribution in [0.2, 0.25) is 0 Å². The van der Waals surface area contributed by atoms with E-state index in [1.54, 1.807) is 11.0 Å². The second-order valence-corrected chi connectivity index (χ2v) is 5.59. The third-order valence-electron chi connectivity index (χ3n) is 3.63. The summed E-state index contributed by atoms with van der Waals surface area (Å²) in [4.78, 5) is 19.7. The van der Waals surface area contributed by atoms with Gasteiger partial charge in [-0.2, -0.15) is 5.10 Å². The van der Waals surface area contributed by atoms with Gasteiger partial charge < -0.3 is 14.5 Å². The molecule has 1 atom stereocenters. The summed E-state index contributed by atoms with van der Waals surface area (Å²) >= 11 is 0. The summed E-state index contributed by atoms with van der Waals surface area (Å²) < 4.78 is 7.32. The van der Waals surface area contributed by atoms with Crippen molar-refractivity contribution in [3.05, 3.63) is 24.8 Å². The molecule has 122 valence electrons. The van der Waals surface area contributed by atoms with Crippen LogP contribution in [0.4, 0.5) is 5.82 Å². The molecule has 2 aromatic rings. The fourth-order valence-corrected chi connectivity index (χ4v) is 2.39. The molecule has 0 radical (unpaired) electrons. The van der Waals surface area contributed by atoms with E-state index >= 15 is 0 Å². The molecule has 1 aliphatic heterocycles. The van der Waals surface area contributed by atoms with Crippen molar-refractivity contribution < 1.29 is 9.53 Å². The van der Waals surface area contributed by atoms with E-state index in [9.17, 15) is 4.79 Å². The van der Waals surface area contributed by atoms with Gasteiger partial charge in [0, 0.05) is 33.1 Å². The molecule has 0 aromatic carbocycles. The number of anilines is 1. The first-order valence-corrected chi connectivity index (χ1v) is 7.40. The minimum atomic E-state index is -0.0609. The molecule has 2 aromatic heterocycles. The number of ether oxygens (including phenoxy) is 1. The number of nitrogens with zero attached hydrogens (tertiary/aromatic N) is 7. The van der Waals surface area contributed by atoms with Crippen LogP contribution in [0.5, 0.6) is 5.88 Å². The maximum Gasteiger partial charge on any atom is 0.244 e. The number of carbonyl (C=O) groups excluding carboxylic acids is 1. The first-order valence-electron chi connectivity index (χ1n) is 7.40. The number of likely N-dealkylation sites (tertiary alicyclic amines) is 1. The molecule has 0 bridgehead atoms. The Balaban J connectivity index is 1.52. The zero-order valence-electron chi connectivity index (χ0n) is 13.2. The second kappa shape index (κ2) is 6.59. The quantitative estimate of drug-likeness (QED) is 0.755. The van der Waals surface area contributed by atoms with E-state index in [0.717, 1.165) is 12.2 Å². The zero-order valence-corrected chi connectivity index (χ0v) is 13.2. The maximum absolute atomic E-state index is 12.2. The van der Waals surface area contributed by atoms with Crippen molar-refractivity contribution in [2.24, 2.45) is 0 Å². The lowest BCUT2D eigenvalue weighted by atomic mass is 10.3. The van der Waals surface area contributed by atoms with Gasteiger partial charge in [0.15, 0.2) is 5.82 Å². The number of amides is 1. The number of hydrogen-bond donors (Lipinski definition) is 0. The summed E-state index contributed by atoms with van der Waals surface area (Å²) in [5.41, 5.74) is 0. The number of hydrogen-bond acceptors (Lipinski definition) is 7. The zero-order chi connectivity index (χ0) is 16.2. The highest BCUT2D eigenvalue weighted by Gasteiger charge is 2.28. The molecular weight excluding hydrogens is 298 g/mol. The topological polar surface area (TPSA) is 89.3 Å². The van der Waals surface area contributed by atoms with Gasteiger partial charge >= 0.3 is 0 Å². The van der Waals surface area contributed by atoms with Gasteiger partial charge in [0.25, 0.3) is 0 Å². The third kappa shape index (κ3) is 3.74. The van der Waals surface area contributed by atoms with Crippen LogP contribution in [0, 0.1) is 0 Å². The van der Waals surface area contributed by atoms with Crippen LogP contribution in [-0.4, -0.2) is 69.1 Å². The molecule has 1 saturated heterocycles. The van der Waals surface area contributed by atoms with E-state index < -0.39 is 0 Å². The lowest BCUT2D eigenvalue weighted by molar-refractivity contribution is -0.131.